The highest BCUT2D eigenvalue weighted by atomic mass is 127. The zero-order valence-electron chi connectivity index (χ0n) is 16.6. The van der Waals surface area contributed by atoms with E-state index >= 15 is 0 Å². The average Bonchev–Trinajstić information content (AvgIpc) is 3.12. The summed E-state index contributed by atoms with van der Waals surface area (Å²) in [4.78, 5) is 10.5. The molecule has 2 N–H and O–H groups in total. The zero-order valence-corrected chi connectivity index (χ0v) is 19.7. The first kappa shape index (κ1) is 22.1. The molecule has 0 saturated heterocycles. The number of aryl methyl sites for hydroxylation is 3. The molecule has 0 amide bonds. The summed E-state index contributed by atoms with van der Waals surface area (Å²) in [6.45, 7) is 7.32. The lowest BCUT2D eigenvalue weighted by atomic mass is 9.96. The van der Waals surface area contributed by atoms with Gasteiger partial charge in [-0.05, 0) is 33.6 Å². The Kier molecular flexibility index (Phi) is 8.46. The molecular formula is C18H30IN7S. The standard InChI is InChI=1S/C18H29N7S.HI/c1-12-16(26-14(3)21-12)10-19-18(22-15-8-6-5-7-9-15)20-11-17-24-23-13(2)25(17)4;/h15H,5-11H2,1-4H3,(H2,19,20,22);1H. The molecule has 2 aromatic rings. The van der Waals surface area contributed by atoms with E-state index in [0.29, 0.717) is 12.6 Å². The lowest BCUT2D eigenvalue weighted by Gasteiger charge is -2.25. The summed E-state index contributed by atoms with van der Waals surface area (Å²) in [5.41, 5.74) is 1.10. The predicted molar refractivity (Wildman–Crippen MR) is 121 cm³/mol. The first-order chi connectivity index (χ1) is 12.5. The molecule has 0 spiro atoms. The third kappa shape index (κ3) is 6.13. The first-order valence-electron chi connectivity index (χ1n) is 9.35. The van der Waals surface area contributed by atoms with E-state index in [1.807, 2.05) is 25.5 Å². The third-order valence-electron chi connectivity index (χ3n) is 4.92. The van der Waals surface area contributed by atoms with E-state index in [1.54, 1.807) is 11.3 Å². The van der Waals surface area contributed by atoms with Crippen LogP contribution in [0.2, 0.25) is 0 Å². The molecular weight excluding hydrogens is 473 g/mol. The fraction of sp³-hybridized carbons (Fsp3) is 0.667. The smallest absolute Gasteiger partial charge is 0.192 e. The largest absolute Gasteiger partial charge is 0.354 e. The van der Waals surface area contributed by atoms with E-state index in [0.717, 1.165) is 34.9 Å². The maximum atomic E-state index is 4.77. The van der Waals surface area contributed by atoms with Crippen molar-refractivity contribution < 1.29 is 0 Å². The number of hydrogen-bond donors (Lipinski definition) is 2. The molecule has 150 valence electrons. The molecule has 0 radical (unpaired) electrons. The fourth-order valence-corrected chi connectivity index (χ4v) is 4.11. The van der Waals surface area contributed by atoms with Crippen LogP contribution in [0.15, 0.2) is 4.99 Å². The van der Waals surface area contributed by atoms with E-state index < -0.39 is 0 Å². The molecule has 3 rings (SSSR count). The minimum Gasteiger partial charge on any atom is -0.354 e. The Labute approximate surface area is 182 Å². The van der Waals surface area contributed by atoms with Crippen molar-refractivity contribution in [2.24, 2.45) is 12.0 Å². The summed E-state index contributed by atoms with van der Waals surface area (Å²) in [6.07, 6.45) is 6.35. The Morgan fingerprint density at radius 1 is 1.19 bits per heavy atom. The van der Waals surface area contributed by atoms with Crippen molar-refractivity contribution >= 4 is 41.3 Å². The molecule has 0 atom stereocenters. The van der Waals surface area contributed by atoms with Crippen LogP contribution in [0.5, 0.6) is 0 Å². The van der Waals surface area contributed by atoms with Gasteiger partial charge in [-0.15, -0.1) is 45.5 Å². The van der Waals surface area contributed by atoms with E-state index in [2.05, 4.69) is 32.7 Å². The number of halogens is 1. The van der Waals surface area contributed by atoms with Crippen LogP contribution in [0, 0.1) is 20.8 Å². The number of thiazole rings is 1. The van der Waals surface area contributed by atoms with Crippen LogP contribution >= 0.6 is 35.3 Å². The summed E-state index contributed by atoms with van der Waals surface area (Å²) >= 11 is 1.74. The Bertz CT molecular complexity index is 762. The number of guanidine groups is 1. The van der Waals surface area contributed by atoms with Gasteiger partial charge in [0.1, 0.15) is 12.4 Å². The second-order valence-corrected chi connectivity index (χ2v) is 8.25. The summed E-state index contributed by atoms with van der Waals surface area (Å²) in [6, 6.07) is 0.500. The van der Waals surface area contributed by atoms with Gasteiger partial charge < -0.3 is 15.2 Å². The molecule has 0 unspecified atom stereocenters. The van der Waals surface area contributed by atoms with Gasteiger partial charge in [-0.3, -0.25) is 0 Å². The molecule has 2 heterocycles. The van der Waals surface area contributed by atoms with Gasteiger partial charge in [-0.1, -0.05) is 19.3 Å². The molecule has 1 fully saturated rings. The highest BCUT2D eigenvalue weighted by Crippen LogP contribution is 2.18. The second kappa shape index (κ2) is 10.4. The number of nitrogens with one attached hydrogen (secondary N) is 2. The molecule has 27 heavy (non-hydrogen) atoms. The Balaban J connectivity index is 0.00000261. The van der Waals surface area contributed by atoms with Crippen LogP contribution in [0.25, 0.3) is 0 Å². The quantitative estimate of drug-likeness (QED) is 0.372. The minimum atomic E-state index is 0. The van der Waals surface area contributed by atoms with Crippen LogP contribution in [0.3, 0.4) is 0 Å². The fourth-order valence-electron chi connectivity index (χ4n) is 3.23. The van der Waals surface area contributed by atoms with Crippen molar-refractivity contribution in [2.45, 2.75) is 72.0 Å². The van der Waals surface area contributed by atoms with Gasteiger partial charge in [-0.25, -0.2) is 9.98 Å². The summed E-state index contributed by atoms with van der Waals surface area (Å²) in [7, 11) is 1.98. The van der Waals surface area contributed by atoms with Crippen molar-refractivity contribution in [3.05, 3.63) is 27.2 Å². The number of aliphatic imine (C=N–C) groups is 1. The summed E-state index contributed by atoms with van der Waals surface area (Å²) in [5.74, 6) is 2.63. The van der Waals surface area contributed by atoms with E-state index in [-0.39, 0.29) is 24.0 Å². The molecule has 0 bridgehead atoms. The molecule has 1 saturated carbocycles. The Morgan fingerprint density at radius 3 is 2.52 bits per heavy atom. The number of aromatic nitrogens is 4. The summed E-state index contributed by atoms with van der Waals surface area (Å²) < 4.78 is 1.98. The number of hydrogen-bond acceptors (Lipinski definition) is 5. The van der Waals surface area contributed by atoms with Crippen molar-refractivity contribution in [3.8, 4) is 0 Å². The van der Waals surface area contributed by atoms with Gasteiger partial charge in [0.25, 0.3) is 0 Å². The number of nitrogens with zero attached hydrogens (tertiary/aromatic N) is 5. The molecule has 9 heteroatoms. The third-order valence-corrected chi connectivity index (χ3v) is 6.00. The van der Waals surface area contributed by atoms with Gasteiger partial charge in [0.2, 0.25) is 0 Å². The van der Waals surface area contributed by atoms with Gasteiger partial charge in [0.05, 0.1) is 17.2 Å². The lowest BCUT2D eigenvalue weighted by molar-refractivity contribution is 0.409. The predicted octanol–water partition coefficient (Wildman–Crippen LogP) is 3.38. The normalized spacial score (nSPS) is 15.5. The summed E-state index contributed by atoms with van der Waals surface area (Å²) in [5, 5.41) is 16.5. The maximum absolute atomic E-state index is 4.77. The highest BCUT2D eigenvalue weighted by Gasteiger charge is 2.15. The molecule has 0 aliphatic heterocycles. The molecule has 7 nitrogen and oxygen atoms in total. The van der Waals surface area contributed by atoms with E-state index in [9.17, 15) is 0 Å². The Morgan fingerprint density at radius 2 is 1.93 bits per heavy atom. The van der Waals surface area contributed by atoms with Gasteiger partial charge in [-0.2, -0.15) is 0 Å². The number of rotatable bonds is 5. The molecule has 1 aliphatic carbocycles. The van der Waals surface area contributed by atoms with Crippen LogP contribution in [-0.2, 0) is 20.1 Å². The highest BCUT2D eigenvalue weighted by molar-refractivity contribution is 14.0. The first-order valence-corrected chi connectivity index (χ1v) is 10.2. The van der Waals surface area contributed by atoms with Crippen molar-refractivity contribution in [3.63, 3.8) is 0 Å². The SMILES string of the molecule is Cc1nc(C)c(CNC(=NCc2nnc(C)n2C)NC2CCCCC2)s1.I. The molecule has 0 aromatic carbocycles. The second-order valence-electron chi connectivity index (χ2n) is 6.96. The van der Waals surface area contributed by atoms with Crippen molar-refractivity contribution in [1.82, 2.24) is 30.4 Å². The zero-order chi connectivity index (χ0) is 18.5. The van der Waals surface area contributed by atoms with Gasteiger partial charge in [0.15, 0.2) is 11.8 Å². The van der Waals surface area contributed by atoms with Crippen molar-refractivity contribution in [1.29, 1.82) is 0 Å². The van der Waals surface area contributed by atoms with Gasteiger partial charge >= 0.3 is 0 Å². The lowest BCUT2D eigenvalue weighted by Crippen LogP contribution is -2.44. The minimum absolute atomic E-state index is 0. The van der Waals surface area contributed by atoms with Gasteiger partial charge in [0, 0.05) is 18.0 Å². The average molecular weight is 503 g/mol. The van der Waals surface area contributed by atoms with Crippen LogP contribution < -0.4 is 10.6 Å². The monoisotopic (exact) mass is 503 g/mol. The van der Waals surface area contributed by atoms with Crippen LogP contribution in [0.1, 0.15) is 59.3 Å². The van der Waals surface area contributed by atoms with Crippen LogP contribution in [-0.4, -0.2) is 31.7 Å². The van der Waals surface area contributed by atoms with E-state index in [1.165, 1.54) is 37.0 Å². The van der Waals surface area contributed by atoms with E-state index in [4.69, 9.17) is 4.99 Å². The van der Waals surface area contributed by atoms with Crippen LogP contribution in [0.4, 0.5) is 0 Å². The topological polar surface area (TPSA) is 80.0 Å². The molecule has 2 aromatic heterocycles. The maximum Gasteiger partial charge on any atom is 0.192 e. The molecule has 1 aliphatic rings. The van der Waals surface area contributed by atoms with Crippen molar-refractivity contribution in [2.75, 3.05) is 0 Å². The Hall–Kier alpha value is -1.23.